The van der Waals surface area contributed by atoms with Crippen molar-refractivity contribution in [3.05, 3.63) is 29.8 Å². The lowest BCUT2D eigenvalue weighted by atomic mass is 9.76. The average molecular weight is 305 g/mol. The van der Waals surface area contributed by atoms with Crippen molar-refractivity contribution in [3.63, 3.8) is 0 Å². The molecule has 1 spiro atoms. The molecule has 0 bridgehead atoms. The third kappa shape index (κ3) is 2.46. The van der Waals surface area contributed by atoms with Crippen LogP contribution in [0.1, 0.15) is 36.0 Å². The van der Waals surface area contributed by atoms with Crippen LogP contribution < -0.4 is 5.32 Å². The Balaban J connectivity index is 1.77. The summed E-state index contributed by atoms with van der Waals surface area (Å²) in [6.45, 7) is 1.18. The monoisotopic (exact) mass is 305 g/mol. The second-order valence-corrected chi connectivity index (χ2v) is 6.29. The minimum atomic E-state index is -0.510. The lowest BCUT2D eigenvalue weighted by molar-refractivity contribution is -0.127. The first-order valence-corrected chi connectivity index (χ1v) is 7.67. The molecule has 1 N–H and O–H groups in total. The summed E-state index contributed by atoms with van der Waals surface area (Å²) in [5.74, 6) is -0.671. The van der Waals surface area contributed by atoms with Crippen molar-refractivity contribution in [1.82, 2.24) is 15.2 Å². The minimum Gasteiger partial charge on any atom is -0.359 e. The first-order valence-electron chi connectivity index (χ1n) is 7.67. The number of nitrogens with one attached hydrogen (secondary N) is 1. The van der Waals surface area contributed by atoms with Gasteiger partial charge in [0, 0.05) is 37.7 Å². The number of hydrogen-bond donors (Lipinski definition) is 1. The second kappa shape index (κ2) is 5.66. The zero-order valence-corrected chi connectivity index (χ0v) is 12.6. The van der Waals surface area contributed by atoms with E-state index in [0.29, 0.717) is 13.1 Å². The quantitative estimate of drug-likeness (QED) is 0.903. The Morgan fingerprint density at radius 1 is 1.41 bits per heavy atom. The van der Waals surface area contributed by atoms with Crippen LogP contribution >= 0.6 is 0 Å². The normalized spacial score (nSPS) is 27.4. The van der Waals surface area contributed by atoms with Crippen molar-refractivity contribution in [3.8, 4) is 0 Å². The standard InChI is InChI=1S/C16H20FN3O2/c1-18-14(21)13-3-2-4-16(13)5-6-20(10-16)15(22)11-7-12(17)9-19-8-11/h7-9,13H,2-6,10H2,1H3,(H,18,21). The molecule has 1 aromatic rings. The Hall–Kier alpha value is -1.98. The number of carbonyl (C=O) groups excluding carboxylic acids is 2. The third-order valence-corrected chi connectivity index (χ3v) is 5.09. The molecule has 1 aliphatic heterocycles. The lowest BCUT2D eigenvalue weighted by Crippen LogP contribution is -2.40. The maximum Gasteiger partial charge on any atom is 0.255 e. The molecule has 3 rings (SSSR count). The minimum absolute atomic E-state index is 0.0269. The Labute approximate surface area is 128 Å². The molecule has 2 fully saturated rings. The van der Waals surface area contributed by atoms with Crippen LogP contribution in [0.3, 0.4) is 0 Å². The number of pyridine rings is 1. The van der Waals surface area contributed by atoms with Gasteiger partial charge in [0.15, 0.2) is 0 Å². The summed E-state index contributed by atoms with van der Waals surface area (Å²) in [7, 11) is 1.66. The molecule has 2 aliphatic rings. The van der Waals surface area contributed by atoms with Gasteiger partial charge in [-0.15, -0.1) is 0 Å². The van der Waals surface area contributed by atoms with Gasteiger partial charge in [-0.3, -0.25) is 14.6 Å². The van der Waals surface area contributed by atoms with Gasteiger partial charge in [0.05, 0.1) is 11.8 Å². The van der Waals surface area contributed by atoms with Gasteiger partial charge in [-0.05, 0) is 25.3 Å². The Morgan fingerprint density at radius 2 is 2.23 bits per heavy atom. The van der Waals surface area contributed by atoms with E-state index in [9.17, 15) is 14.0 Å². The fourth-order valence-corrected chi connectivity index (χ4v) is 3.99. The number of nitrogens with zero attached hydrogens (tertiary/aromatic N) is 2. The van der Waals surface area contributed by atoms with Crippen molar-refractivity contribution in [1.29, 1.82) is 0 Å². The molecule has 2 heterocycles. The zero-order valence-electron chi connectivity index (χ0n) is 12.6. The zero-order chi connectivity index (χ0) is 15.7. The van der Waals surface area contributed by atoms with E-state index in [-0.39, 0.29) is 28.7 Å². The van der Waals surface area contributed by atoms with E-state index < -0.39 is 5.82 Å². The highest BCUT2D eigenvalue weighted by molar-refractivity contribution is 5.94. The summed E-state index contributed by atoms with van der Waals surface area (Å²) in [5, 5.41) is 2.74. The number of halogens is 1. The second-order valence-electron chi connectivity index (χ2n) is 6.29. The van der Waals surface area contributed by atoms with E-state index in [1.165, 1.54) is 12.3 Å². The van der Waals surface area contributed by atoms with Crippen molar-refractivity contribution >= 4 is 11.8 Å². The fourth-order valence-electron chi connectivity index (χ4n) is 3.99. The number of hydrogen-bond acceptors (Lipinski definition) is 3. The van der Waals surface area contributed by atoms with E-state index in [1.54, 1.807) is 11.9 Å². The summed E-state index contributed by atoms with van der Waals surface area (Å²) in [4.78, 5) is 30.1. The first-order chi connectivity index (χ1) is 10.6. The Bertz CT molecular complexity index is 607. The van der Waals surface area contributed by atoms with Gasteiger partial charge in [-0.2, -0.15) is 0 Å². The molecule has 2 unspecified atom stereocenters. The number of rotatable bonds is 2. The van der Waals surface area contributed by atoms with E-state index in [0.717, 1.165) is 31.9 Å². The highest BCUT2D eigenvalue weighted by atomic mass is 19.1. The molecule has 22 heavy (non-hydrogen) atoms. The molecule has 1 saturated heterocycles. The highest BCUT2D eigenvalue weighted by Gasteiger charge is 2.51. The van der Waals surface area contributed by atoms with Crippen LogP contribution in [0.25, 0.3) is 0 Å². The van der Waals surface area contributed by atoms with E-state index in [4.69, 9.17) is 0 Å². The van der Waals surface area contributed by atoms with Crippen LogP contribution in [0.5, 0.6) is 0 Å². The van der Waals surface area contributed by atoms with Crippen LogP contribution in [-0.2, 0) is 4.79 Å². The van der Waals surface area contributed by atoms with Gasteiger partial charge in [0.1, 0.15) is 5.82 Å². The molecule has 0 aromatic carbocycles. The largest absolute Gasteiger partial charge is 0.359 e. The van der Waals surface area contributed by atoms with E-state index in [2.05, 4.69) is 10.3 Å². The average Bonchev–Trinajstić information content (AvgIpc) is 3.13. The molecular weight excluding hydrogens is 285 g/mol. The number of likely N-dealkylation sites (tertiary alicyclic amines) is 1. The summed E-state index contributed by atoms with van der Waals surface area (Å²) in [6, 6.07) is 1.21. The lowest BCUT2D eigenvalue weighted by Gasteiger charge is -2.30. The summed E-state index contributed by atoms with van der Waals surface area (Å²) >= 11 is 0. The Kier molecular flexibility index (Phi) is 3.85. The molecule has 1 saturated carbocycles. The van der Waals surface area contributed by atoms with Gasteiger partial charge in [-0.1, -0.05) is 6.42 Å². The molecule has 1 aliphatic carbocycles. The van der Waals surface area contributed by atoms with Gasteiger partial charge in [0.2, 0.25) is 5.91 Å². The molecule has 118 valence electrons. The molecule has 1 aromatic heterocycles. The number of amides is 2. The van der Waals surface area contributed by atoms with Gasteiger partial charge >= 0.3 is 0 Å². The molecule has 6 heteroatoms. The molecule has 5 nitrogen and oxygen atoms in total. The van der Waals surface area contributed by atoms with Crippen molar-refractivity contribution < 1.29 is 14.0 Å². The van der Waals surface area contributed by atoms with Crippen LogP contribution in [0.15, 0.2) is 18.5 Å². The summed E-state index contributed by atoms with van der Waals surface area (Å²) in [6.07, 6.45) is 6.17. The van der Waals surface area contributed by atoms with Crippen LogP contribution in [0.4, 0.5) is 4.39 Å². The third-order valence-electron chi connectivity index (χ3n) is 5.09. The van der Waals surface area contributed by atoms with Crippen molar-refractivity contribution in [2.24, 2.45) is 11.3 Å². The number of aromatic nitrogens is 1. The molecule has 0 radical (unpaired) electrons. The van der Waals surface area contributed by atoms with Crippen LogP contribution in [0, 0.1) is 17.2 Å². The molecule has 2 atom stereocenters. The SMILES string of the molecule is CNC(=O)C1CCCC12CCN(C(=O)c1cncc(F)c1)C2. The van der Waals surface area contributed by atoms with Crippen LogP contribution in [-0.4, -0.2) is 41.8 Å². The Morgan fingerprint density at radius 3 is 2.95 bits per heavy atom. The smallest absolute Gasteiger partial charge is 0.255 e. The van der Waals surface area contributed by atoms with Crippen LogP contribution in [0.2, 0.25) is 0 Å². The highest BCUT2D eigenvalue weighted by Crippen LogP contribution is 2.50. The van der Waals surface area contributed by atoms with E-state index >= 15 is 0 Å². The summed E-state index contributed by atoms with van der Waals surface area (Å²) in [5.41, 5.74) is 0.155. The topological polar surface area (TPSA) is 62.3 Å². The number of carbonyl (C=O) groups is 2. The first kappa shape index (κ1) is 14.9. The maximum atomic E-state index is 13.2. The maximum absolute atomic E-state index is 13.2. The van der Waals surface area contributed by atoms with Crippen molar-refractivity contribution in [2.75, 3.05) is 20.1 Å². The van der Waals surface area contributed by atoms with Gasteiger partial charge in [0.25, 0.3) is 5.91 Å². The molecule has 2 amide bonds. The van der Waals surface area contributed by atoms with E-state index in [1.807, 2.05) is 0 Å². The van der Waals surface area contributed by atoms with Gasteiger partial charge in [-0.25, -0.2) is 4.39 Å². The summed E-state index contributed by atoms with van der Waals surface area (Å²) < 4.78 is 13.2. The predicted octanol–water partition coefficient (Wildman–Crippen LogP) is 1.60. The van der Waals surface area contributed by atoms with Crippen molar-refractivity contribution in [2.45, 2.75) is 25.7 Å². The molecular formula is C16H20FN3O2. The predicted molar refractivity (Wildman–Crippen MR) is 78.6 cm³/mol. The fraction of sp³-hybridized carbons (Fsp3) is 0.562. The van der Waals surface area contributed by atoms with Gasteiger partial charge < -0.3 is 10.2 Å².